The zero-order chi connectivity index (χ0) is 15.2. The van der Waals surface area contributed by atoms with Gasteiger partial charge in [-0.3, -0.25) is 0 Å². The van der Waals surface area contributed by atoms with Gasteiger partial charge in [-0.05, 0) is 35.7 Å². The Labute approximate surface area is 117 Å². The maximum Gasteiger partial charge on any atom is 0.418 e. The van der Waals surface area contributed by atoms with Crippen molar-refractivity contribution >= 4 is 5.69 Å². The minimum Gasteiger partial charge on any atom is -0.377 e. The molecule has 1 aliphatic heterocycles. The Morgan fingerprint density at radius 2 is 1.76 bits per heavy atom. The van der Waals surface area contributed by atoms with E-state index >= 15 is 0 Å². The van der Waals surface area contributed by atoms with Crippen molar-refractivity contribution in [2.24, 2.45) is 0 Å². The zero-order valence-corrected chi connectivity index (χ0v) is 10.6. The molecule has 0 spiro atoms. The summed E-state index contributed by atoms with van der Waals surface area (Å²) in [6.07, 6.45) is -4.16. The number of halogens is 5. The van der Waals surface area contributed by atoms with Gasteiger partial charge in [0.15, 0.2) is 11.6 Å². The van der Waals surface area contributed by atoms with Gasteiger partial charge in [0, 0.05) is 0 Å². The number of alkyl halides is 3. The fourth-order valence-electron chi connectivity index (χ4n) is 2.55. The zero-order valence-electron chi connectivity index (χ0n) is 10.6. The lowest BCUT2D eigenvalue weighted by molar-refractivity contribution is -0.136. The molecule has 0 aliphatic carbocycles. The first kappa shape index (κ1) is 13.9. The van der Waals surface area contributed by atoms with Gasteiger partial charge in [-0.2, -0.15) is 13.2 Å². The molecule has 0 aromatic heterocycles. The van der Waals surface area contributed by atoms with Crippen molar-refractivity contribution in [1.29, 1.82) is 0 Å². The van der Waals surface area contributed by atoms with E-state index in [1.54, 1.807) is 6.07 Å². The van der Waals surface area contributed by atoms with Crippen molar-refractivity contribution in [3.8, 4) is 0 Å². The molecule has 0 bridgehead atoms. The predicted octanol–water partition coefficient (Wildman–Crippen LogP) is 4.69. The third kappa shape index (κ3) is 2.46. The molecule has 2 aromatic rings. The first-order valence-electron chi connectivity index (χ1n) is 6.27. The summed E-state index contributed by atoms with van der Waals surface area (Å²) in [6, 6.07) is 6.79. The van der Waals surface area contributed by atoms with E-state index in [1.807, 2.05) is 0 Å². The molecule has 1 atom stereocenters. The molecular formula is C15H10F5N. The molecule has 0 saturated heterocycles. The summed E-state index contributed by atoms with van der Waals surface area (Å²) in [4.78, 5) is 0. The first-order chi connectivity index (χ1) is 9.86. The average molecular weight is 299 g/mol. The summed E-state index contributed by atoms with van der Waals surface area (Å²) >= 11 is 0. The number of rotatable bonds is 1. The van der Waals surface area contributed by atoms with E-state index in [-0.39, 0.29) is 5.69 Å². The summed E-state index contributed by atoms with van der Waals surface area (Å²) < 4.78 is 65.0. The molecule has 0 amide bonds. The van der Waals surface area contributed by atoms with Crippen LogP contribution < -0.4 is 5.32 Å². The Morgan fingerprint density at radius 1 is 1.00 bits per heavy atom. The van der Waals surface area contributed by atoms with Gasteiger partial charge < -0.3 is 5.32 Å². The lowest BCUT2D eigenvalue weighted by Gasteiger charge is -2.15. The maximum absolute atomic E-state index is 13.2. The van der Waals surface area contributed by atoms with Crippen LogP contribution in [-0.2, 0) is 12.6 Å². The van der Waals surface area contributed by atoms with Crippen LogP contribution in [0.1, 0.15) is 22.7 Å². The van der Waals surface area contributed by atoms with E-state index < -0.39 is 29.4 Å². The third-order valence-electron chi connectivity index (χ3n) is 3.54. The van der Waals surface area contributed by atoms with Crippen LogP contribution in [-0.4, -0.2) is 0 Å². The Hall–Kier alpha value is -2.11. The summed E-state index contributed by atoms with van der Waals surface area (Å²) in [5.41, 5.74) is 0.197. The number of anilines is 1. The average Bonchev–Trinajstić information content (AvgIpc) is 2.84. The summed E-state index contributed by atoms with van der Waals surface area (Å²) in [6.45, 7) is 0. The van der Waals surface area contributed by atoms with Crippen LogP contribution in [0.4, 0.5) is 27.6 Å². The second kappa shape index (κ2) is 4.72. The number of hydrogen-bond donors (Lipinski definition) is 1. The largest absolute Gasteiger partial charge is 0.418 e. The highest BCUT2D eigenvalue weighted by Gasteiger charge is 2.37. The molecule has 1 N–H and O–H groups in total. The molecule has 0 radical (unpaired) electrons. The standard InChI is InChI=1S/C15H10F5N/c16-11-5-4-8(6-12(11)17)13-7-9-2-1-3-10(14(9)21-13)15(18,19)20/h1-6,13,21H,7H2. The third-order valence-corrected chi connectivity index (χ3v) is 3.54. The molecule has 21 heavy (non-hydrogen) atoms. The van der Waals surface area contributed by atoms with E-state index in [2.05, 4.69) is 5.32 Å². The van der Waals surface area contributed by atoms with Crippen molar-refractivity contribution < 1.29 is 22.0 Å². The molecule has 0 fully saturated rings. The molecule has 1 unspecified atom stereocenters. The molecule has 1 heterocycles. The lowest BCUT2D eigenvalue weighted by Crippen LogP contribution is -2.11. The molecular weight excluding hydrogens is 289 g/mol. The summed E-state index contributed by atoms with van der Waals surface area (Å²) in [5.74, 6) is -1.99. The number of nitrogens with one attached hydrogen (secondary N) is 1. The highest BCUT2D eigenvalue weighted by molar-refractivity contribution is 5.64. The molecule has 0 saturated carbocycles. The van der Waals surface area contributed by atoms with Gasteiger partial charge in [-0.25, -0.2) is 8.78 Å². The fraction of sp³-hybridized carbons (Fsp3) is 0.200. The SMILES string of the molecule is Fc1ccc(C2Cc3cccc(C(F)(F)F)c3N2)cc1F. The molecule has 6 heteroatoms. The van der Waals surface area contributed by atoms with Gasteiger partial charge in [0.25, 0.3) is 0 Å². The molecule has 2 aromatic carbocycles. The van der Waals surface area contributed by atoms with Crippen molar-refractivity contribution in [3.63, 3.8) is 0 Å². The van der Waals surface area contributed by atoms with Crippen LogP contribution in [0.25, 0.3) is 0 Å². The van der Waals surface area contributed by atoms with E-state index in [1.165, 1.54) is 12.1 Å². The molecule has 1 nitrogen and oxygen atoms in total. The van der Waals surface area contributed by atoms with Crippen LogP contribution in [0, 0.1) is 11.6 Å². The van der Waals surface area contributed by atoms with Gasteiger partial charge in [-0.1, -0.05) is 18.2 Å². The second-order valence-electron chi connectivity index (χ2n) is 4.91. The Balaban J connectivity index is 1.96. The van der Waals surface area contributed by atoms with Crippen LogP contribution in [0.3, 0.4) is 0 Å². The molecule has 1 aliphatic rings. The molecule has 3 rings (SSSR count). The smallest absolute Gasteiger partial charge is 0.377 e. The monoisotopic (exact) mass is 299 g/mol. The minimum atomic E-state index is -4.46. The van der Waals surface area contributed by atoms with Crippen LogP contribution in [0.15, 0.2) is 36.4 Å². The van der Waals surface area contributed by atoms with E-state index in [4.69, 9.17) is 0 Å². The van der Waals surface area contributed by atoms with Crippen molar-refractivity contribution in [2.75, 3.05) is 5.32 Å². The van der Waals surface area contributed by atoms with Crippen molar-refractivity contribution in [1.82, 2.24) is 0 Å². The van der Waals surface area contributed by atoms with Crippen LogP contribution in [0.5, 0.6) is 0 Å². The predicted molar refractivity (Wildman–Crippen MR) is 67.9 cm³/mol. The van der Waals surface area contributed by atoms with E-state index in [0.717, 1.165) is 18.2 Å². The van der Waals surface area contributed by atoms with Gasteiger partial charge in [-0.15, -0.1) is 0 Å². The normalized spacial score (nSPS) is 17.5. The topological polar surface area (TPSA) is 12.0 Å². The number of benzene rings is 2. The Bertz CT molecular complexity index is 693. The Kier molecular flexibility index (Phi) is 3.11. The van der Waals surface area contributed by atoms with Gasteiger partial charge in [0.1, 0.15) is 0 Å². The fourth-order valence-corrected chi connectivity index (χ4v) is 2.55. The minimum absolute atomic E-state index is 0.0136. The van der Waals surface area contributed by atoms with Gasteiger partial charge in [0.2, 0.25) is 0 Å². The first-order valence-corrected chi connectivity index (χ1v) is 6.27. The van der Waals surface area contributed by atoms with Gasteiger partial charge in [0.05, 0.1) is 17.3 Å². The van der Waals surface area contributed by atoms with Crippen LogP contribution >= 0.6 is 0 Å². The highest BCUT2D eigenvalue weighted by atomic mass is 19.4. The van der Waals surface area contributed by atoms with E-state index in [0.29, 0.717) is 17.5 Å². The quantitative estimate of drug-likeness (QED) is 0.753. The number of hydrogen-bond acceptors (Lipinski definition) is 1. The lowest BCUT2D eigenvalue weighted by atomic mass is 10.0. The Morgan fingerprint density at radius 3 is 2.43 bits per heavy atom. The maximum atomic E-state index is 13.2. The highest BCUT2D eigenvalue weighted by Crippen LogP contribution is 2.43. The number of fused-ring (bicyclic) bond motifs is 1. The van der Waals surface area contributed by atoms with Crippen LogP contribution in [0.2, 0.25) is 0 Å². The molecule has 110 valence electrons. The summed E-state index contributed by atoms with van der Waals surface area (Å²) in [5, 5.41) is 2.76. The van der Waals surface area contributed by atoms with Crippen molar-refractivity contribution in [2.45, 2.75) is 18.6 Å². The van der Waals surface area contributed by atoms with Gasteiger partial charge >= 0.3 is 6.18 Å². The second-order valence-corrected chi connectivity index (χ2v) is 4.91. The number of para-hydroxylation sites is 1. The van der Waals surface area contributed by atoms with E-state index in [9.17, 15) is 22.0 Å². The summed E-state index contributed by atoms with van der Waals surface area (Å²) in [7, 11) is 0. The van der Waals surface area contributed by atoms with Crippen molar-refractivity contribution in [3.05, 3.63) is 64.7 Å².